The van der Waals surface area contributed by atoms with E-state index in [9.17, 15) is 9.00 Å². The molecule has 0 fully saturated rings. The van der Waals surface area contributed by atoms with E-state index in [2.05, 4.69) is 0 Å². The van der Waals surface area contributed by atoms with Crippen molar-refractivity contribution in [2.24, 2.45) is 0 Å². The van der Waals surface area contributed by atoms with Crippen LogP contribution in [0.15, 0.2) is 21.7 Å². The molecule has 1 atom stereocenters. The fourth-order valence-corrected chi connectivity index (χ4v) is 2.30. The number of hydrogen-bond donors (Lipinski definition) is 0. The van der Waals surface area contributed by atoms with E-state index in [0.29, 0.717) is 6.29 Å². The lowest BCUT2D eigenvalue weighted by atomic mass is 10.7. The molecule has 0 aliphatic rings. The van der Waals surface area contributed by atoms with E-state index in [0.717, 1.165) is 4.21 Å². The second-order valence-electron chi connectivity index (χ2n) is 1.61. The van der Waals surface area contributed by atoms with Crippen LogP contribution in [-0.4, -0.2) is 16.2 Å². The van der Waals surface area contributed by atoms with Crippen molar-refractivity contribution in [1.29, 1.82) is 0 Å². The average Bonchev–Trinajstić information content (AvgIpc) is 2.38. The number of carbonyl (C=O) groups excluding carboxylic acids is 1. The highest BCUT2D eigenvalue weighted by Crippen LogP contribution is 2.12. The van der Waals surface area contributed by atoms with E-state index in [1.807, 2.05) is 11.4 Å². The first-order valence-corrected chi connectivity index (χ1v) is 4.90. The van der Waals surface area contributed by atoms with Gasteiger partial charge in [0.1, 0.15) is 6.29 Å². The lowest BCUT2D eigenvalue weighted by Gasteiger charge is -1.88. The monoisotopic (exact) mass is 174 g/mol. The Kier molecular flexibility index (Phi) is 2.77. The zero-order valence-electron chi connectivity index (χ0n) is 5.15. The molecule has 1 aromatic rings. The van der Waals surface area contributed by atoms with Gasteiger partial charge in [0.2, 0.25) is 0 Å². The maximum absolute atomic E-state index is 11.0. The smallest absolute Gasteiger partial charge is 0.132 e. The molecule has 0 bridgehead atoms. The first-order valence-electron chi connectivity index (χ1n) is 2.70. The van der Waals surface area contributed by atoms with Crippen LogP contribution in [0.3, 0.4) is 0 Å². The van der Waals surface area contributed by atoms with Crippen LogP contribution in [0.2, 0.25) is 0 Å². The number of hydrogen-bond acceptors (Lipinski definition) is 3. The molecule has 1 heterocycles. The SMILES string of the molecule is O=CCS(=O)c1cccs1. The first-order chi connectivity index (χ1) is 4.84. The van der Waals surface area contributed by atoms with Crippen LogP contribution in [0.4, 0.5) is 0 Å². The third-order valence-corrected chi connectivity index (χ3v) is 3.47. The Hall–Kier alpha value is -0.480. The quantitative estimate of drug-likeness (QED) is 0.642. The van der Waals surface area contributed by atoms with Gasteiger partial charge >= 0.3 is 0 Å². The van der Waals surface area contributed by atoms with Gasteiger partial charge in [-0.3, -0.25) is 4.21 Å². The van der Waals surface area contributed by atoms with Crippen LogP contribution < -0.4 is 0 Å². The van der Waals surface area contributed by atoms with Crippen LogP contribution in [-0.2, 0) is 15.6 Å². The van der Waals surface area contributed by atoms with Gasteiger partial charge in [-0.2, -0.15) is 0 Å². The number of rotatable bonds is 3. The zero-order chi connectivity index (χ0) is 7.40. The highest BCUT2D eigenvalue weighted by molar-refractivity contribution is 7.87. The van der Waals surface area contributed by atoms with Crippen molar-refractivity contribution >= 4 is 28.4 Å². The molecule has 1 aromatic heterocycles. The third kappa shape index (κ3) is 1.75. The predicted molar refractivity (Wildman–Crippen MR) is 41.7 cm³/mol. The normalized spacial score (nSPS) is 12.8. The van der Waals surface area contributed by atoms with Crippen molar-refractivity contribution in [2.75, 3.05) is 5.75 Å². The second-order valence-corrected chi connectivity index (χ2v) is 4.28. The summed E-state index contributed by atoms with van der Waals surface area (Å²) in [5.41, 5.74) is 0. The zero-order valence-corrected chi connectivity index (χ0v) is 6.78. The summed E-state index contributed by atoms with van der Waals surface area (Å²) in [6.45, 7) is 0. The standard InChI is InChI=1S/C6H6O2S2/c7-3-5-10(8)6-2-1-4-9-6/h1-4H,5H2. The maximum Gasteiger partial charge on any atom is 0.132 e. The molecule has 0 N–H and O–H groups in total. The summed E-state index contributed by atoms with van der Waals surface area (Å²) in [7, 11) is -1.10. The van der Waals surface area contributed by atoms with Crippen molar-refractivity contribution in [3.63, 3.8) is 0 Å². The summed E-state index contributed by atoms with van der Waals surface area (Å²) in [6, 6.07) is 3.59. The molecule has 0 radical (unpaired) electrons. The summed E-state index contributed by atoms with van der Waals surface area (Å²) in [6.07, 6.45) is 0.676. The summed E-state index contributed by atoms with van der Waals surface area (Å²) >= 11 is 1.41. The van der Waals surface area contributed by atoms with E-state index in [1.54, 1.807) is 6.07 Å². The van der Waals surface area contributed by atoms with Crippen molar-refractivity contribution in [1.82, 2.24) is 0 Å². The van der Waals surface area contributed by atoms with E-state index in [4.69, 9.17) is 0 Å². The number of thiophene rings is 1. The molecule has 1 rings (SSSR count). The minimum atomic E-state index is -1.10. The van der Waals surface area contributed by atoms with Gasteiger partial charge in [-0.05, 0) is 11.4 Å². The van der Waals surface area contributed by atoms with Gasteiger partial charge in [-0.1, -0.05) is 6.07 Å². The highest BCUT2D eigenvalue weighted by Gasteiger charge is 2.01. The molecule has 54 valence electrons. The van der Waals surface area contributed by atoms with Gasteiger partial charge in [0.15, 0.2) is 0 Å². The summed E-state index contributed by atoms with van der Waals surface area (Å²) in [4.78, 5) is 9.92. The van der Waals surface area contributed by atoms with E-state index >= 15 is 0 Å². The summed E-state index contributed by atoms with van der Waals surface area (Å²) in [5.74, 6) is 0.112. The molecule has 0 saturated carbocycles. The van der Waals surface area contributed by atoms with Gasteiger partial charge < -0.3 is 4.79 Å². The fraction of sp³-hybridized carbons (Fsp3) is 0.167. The van der Waals surface area contributed by atoms with Gasteiger partial charge in [-0.15, -0.1) is 11.3 Å². The molecule has 2 nitrogen and oxygen atoms in total. The van der Waals surface area contributed by atoms with Crippen LogP contribution >= 0.6 is 11.3 Å². The molecular formula is C6H6O2S2. The summed E-state index contributed by atoms with van der Waals surface area (Å²) in [5, 5.41) is 1.85. The lowest BCUT2D eigenvalue weighted by molar-refractivity contribution is -0.105. The molecule has 10 heavy (non-hydrogen) atoms. The minimum Gasteiger partial charge on any atom is -0.302 e. The van der Waals surface area contributed by atoms with Gasteiger partial charge in [0.25, 0.3) is 0 Å². The fourth-order valence-electron chi connectivity index (χ4n) is 0.537. The van der Waals surface area contributed by atoms with E-state index in [-0.39, 0.29) is 5.75 Å². The number of carbonyl (C=O) groups is 1. The molecule has 0 spiro atoms. The minimum absolute atomic E-state index is 0.112. The lowest BCUT2D eigenvalue weighted by Crippen LogP contribution is -1.95. The first kappa shape index (κ1) is 7.63. The van der Waals surface area contributed by atoms with Crippen molar-refractivity contribution < 1.29 is 9.00 Å². The molecule has 0 saturated heterocycles. The molecule has 0 aliphatic carbocycles. The maximum atomic E-state index is 11.0. The Morgan fingerprint density at radius 1 is 1.70 bits per heavy atom. The van der Waals surface area contributed by atoms with Crippen LogP contribution in [0, 0.1) is 0 Å². The average molecular weight is 174 g/mol. The van der Waals surface area contributed by atoms with Crippen LogP contribution in [0.25, 0.3) is 0 Å². The Balaban J connectivity index is 2.68. The second kappa shape index (κ2) is 3.63. The largest absolute Gasteiger partial charge is 0.302 e. The molecule has 1 unspecified atom stereocenters. The number of aldehydes is 1. The molecule has 0 aromatic carbocycles. The Morgan fingerprint density at radius 3 is 3.00 bits per heavy atom. The Labute approximate surface area is 65.3 Å². The molecular weight excluding hydrogens is 168 g/mol. The highest BCUT2D eigenvalue weighted by atomic mass is 32.2. The Bertz CT molecular complexity index is 228. The van der Waals surface area contributed by atoms with Crippen molar-refractivity contribution in [2.45, 2.75) is 4.21 Å². The summed E-state index contributed by atoms with van der Waals surface area (Å²) < 4.78 is 11.8. The third-order valence-electron chi connectivity index (χ3n) is 0.939. The molecule has 0 amide bonds. The van der Waals surface area contributed by atoms with E-state index < -0.39 is 10.8 Å². The predicted octanol–water partition coefficient (Wildman–Crippen LogP) is 1.05. The van der Waals surface area contributed by atoms with Crippen molar-refractivity contribution in [3.8, 4) is 0 Å². The topological polar surface area (TPSA) is 34.1 Å². The van der Waals surface area contributed by atoms with E-state index in [1.165, 1.54) is 11.3 Å². The van der Waals surface area contributed by atoms with Gasteiger partial charge in [0.05, 0.1) is 20.8 Å². The van der Waals surface area contributed by atoms with Crippen LogP contribution in [0.1, 0.15) is 0 Å². The van der Waals surface area contributed by atoms with Crippen LogP contribution in [0.5, 0.6) is 0 Å². The molecule has 0 aliphatic heterocycles. The van der Waals surface area contributed by atoms with Crippen molar-refractivity contribution in [3.05, 3.63) is 17.5 Å². The van der Waals surface area contributed by atoms with Gasteiger partial charge in [-0.25, -0.2) is 0 Å². The Morgan fingerprint density at radius 2 is 2.50 bits per heavy atom. The van der Waals surface area contributed by atoms with Gasteiger partial charge in [0, 0.05) is 0 Å². The molecule has 4 heteroatoms.